The van der Waals surface area contributed by atoms with Crippen molar-refractivity contribution in [3.63, 3.8) is 0 Å². The lowest BCUT2D eigenvalue weighted by Gasteiger charge is -2.27. The van der Waals surface area contributed by atoms with E-state index < -0.39 is 0 Å². The molecule has 0 spiro atoms. The van der Waals surface area contributed by atoms with Gasteiger partial charge in [-0.15, -0.1) is 6.58 Å². The lowest BCUT2D eigenvalue weighted by molar-refractivity contribution is 0.229. The van der Waals surface area contributed by atoms with E-state index in [4.69, 9.17) is 4.74 Å². The first-order valence-electron chi connectivity index (χ1n) is 8.27. The summed E-state index contributed by atoms with van der Waals surface area (Å²) in [6.45, 7) is 13.1. The Bertz CT molecular complexity index is 603. The maximum atomic E-state index is 5.62. The van der Waals surface area contributed by atoms with Gasteiger partial charge in [0.05, 0.1) is 6.61 Å². The molecule has 0 aliphatic rings. The molecule has 0 aliphatic heterocycles. The third-order valence-corrected chi connectivity index (χ3v) is 4.30. The van der Waals surface area contributed by atoms with Crippen LogP contribution in [0.4, 0.5) is 0 Å². The molecular formula is C19H28N2O. The molecule has 3 heteroatoms. The van der Waals surface area contributed by atoms with Gasteiger partial charge >= 0.3 is 0 Å². The van der Waals surface area contributed by atoms with Crippen molar-refractivity contribution < 1.29 is 4.74 Å². The Kier molecular flexibility index (Phi) is 6.08. The maximum Gasteiger partial charge on any atom is 0.120 e. The summed E-state index contributed by atoms with van der Waals surface area (Å²) in [5.74, 6) is 0.945. The van der Waals surface area contributed by atoms with E-state index in [9.17, 15) is 0 Å². The van der Waals surface area contributed by atoms with Gasteiger partial charge in [-0.2, -0.15) is 0 Å². The molecule has 1 heterocycles. The third-order valence-electron chi connectivity index (χ3n) is 4.30. The van der Waals surface area contributed by atoms with Gasteiger partial charge in [0.1, 0.15) is 5.75 Å². The molecule has 120 valence electrons. The molecule has 0 saturated carbocycles. The van der Waals surface area contributed by atoms with Crippen molar-refractivity contribution in [1.29, 1.82) is 0 Å². The highest BCUT2D eigenvalue weighted by Gasteiger charge is 2.12. The minimum atomic E-state index is 0.585. The van der Waals surface area contributed by atoms with Gasteiger partial charge in [-0.3, -0.25) is 4.90 Å². The van der Waals surface area contributed by atoms with E-state index in [2.05, 4.69) is 48.6 Å². The number of hydrogen-bond donors (Lipinski definition) is 1. The highest BCUT2D eigenvalue weighted by Crippen LogP contribution is 2.24. The van der Waals surface area contributed by atoms with Gasteiger partial charge in [0.15, 0.2) is 0 Å². The summed E-state index contributed by atoms with van der Waals surface area (Å²) in [4.78, 5) is 5.85. The average molecular weight is 300 g/mol. The van der Waals surface area contributed by atoms with Crippen molar-refractivity contribution in [3.8, 4) is 5.75 Å². The van der Waals surface area contributed by atoms with Gasteiger partial charge in [0, 0.05) is 36.2 Å². The van der Waals surface area contributed by atoms with Gasteiger partial charge in [-0.05, 0) is 50.5 Å². The summed E-state index contributed by atoms with van der Waals surface area (Å²) in [7, 11) is 0. The highest BCUT2D eigenvalue weighted by molar-refractivity contribution is 5.84. The van der Waals surface area contributed by atoms with E-state index >= 15 is 0 Å². The number of aromatic nitrogens is 1. The van der Waals surface area contributed by atoms with Crippen LogP contribution in [0.5, 0.6) is 5.75 Å². The molecule has 22 heavy (non-hydrogen) atoms. The maximum absolute atomic E-state index is 5.62. The highest BCUT2D eigenvalue weighted by atomic mass is 16.5. The van der Waals surface area contributed by atoms with Gasteiger partial charge in [-0.25, -0.2) is 0 Å². The Morgan fingerprint density at radius 2 is 2.18 bits per heavy atom. The van der Waals surface area contributed by atoms with E-state index in [0.29, 0.717) is 12.6 Å². The average Bonchev–Trinajstić information content (AvgIpc) is 2.93. The smallest absolute Gasteiger partial charge is 0.120 e. The molecule has 0 amide bonds. The number of fused-ring (bicyclic) bond motifs is 1. The van der Waals surface area contributed by atoms with E-state index in [0.717, 1.165) is 31.7 Å². The first-order valence-corrected chi connectivity index (χ1v) is 8.27. The Balaban J connectivity index is 2.12. The number of nitrogens with one attached hydrogen (secondary N) is 1. The van der Waals surface area contributed by atoms with Crippen LogP contribution in [-0.2, 0) is 6.42 Å². The molecule has 2 rings (SSSR count). The normalized spacial score (nSPS) is 12.7. The second-order valence-electron chi connectivity index (χ2n) is 5.75. The number of benzene rings is 1. The third kappa shape index (κ3) is 3.92. The Morgan fingerprint density at radius 3 is 2.86 bits per heavy atom. The number of hydrogen-bond acceptors (Lipinski definition) is 2. The van der Waals surface area contributed by atoms with Crippen molar-refractivity contribution in [3.05, 3.63) is 42.6 Å². The summed E-state index contributed by atoms with van der Waals surface area (Å²) in [6.07, 6.45) is 6.32. The fourth-order valence-corrected chi connectivity index (χ4v) is 2.80. The van der Waals surface area contributed by atoms with Crippen LogP contribution in [-0.4, -0.2) is 35.6 Å². The Labute approximate surface area is 134 Å². The van der Waals surface area contributed by atoms with Crippen molar-refractivity contribution in [1.82, 2.24) is 9.88 Å². The first-order chi connectivity index (χ1) is 10.7. The van der Waals surface area contributed by atoms with Crippen LogP contribution in [0.2, 0.25) is 0 Å². The number of nitrogens with zero attached hydrogens (tertiary/aromatic N) is 1. The monoisotopic (exact) mass is 300 g/mol. The molecule has 1 atom stereocenters. The van der Waals surface area contributed by atoms with Crippen LogP contribution in [0.15, 0.2) is 37.1 Å². The van der Waals surface area contributed by atoms with E-state index in [1.54, 1.807) is 0 Å². The SMILES string of the molecule is C=CCN(CCc1c[nH]c2ccc(OCC)cc12)C(C)CC. The van der Waals surface area contributed by atoms with Crippen LogP contribution in [0.1, 0.15) is 32.8 Å². The molecule has 3 nitrogen and oxygen atoms in total. The first kappa shape index (κ1) is 16.6. The molecular weight excluding hydrogens is 272 g/mol. The molecule has 0 aliphatic carbocycles. The molecule has 0 bridgehead atoms. The van der Waals surface area contributed by atoms with Crippen molar-refractivity contribution in [2.24, 2.45) is 0 Å². The quantitative estimate of drug-likeness (QED) is 0.695. The lowest BCUT2D eigenvalue weighted by atomic mass is 10.1. The largest absolute Gasteiger partial charge is 0.494 e. The Morgan fingerprint density at radius 1 is 1.36 bits per heavy atom. The molecule has 0 radical (unpaired) electrons. The van der Waals surface area contributed by atoms with Crippen LogP contribution in [0.25, 0.3) is 10.9 Å². The lowest BCUT2D eigenvalue weighted by Crippen LogP contribution is -2.34. The minimum Gasteiger partial charge on any atom is -0.494 e. The molecule has 1 aromatic carbocycles. The fraction of sp³-hybridized carbons (Fsp3) is 0.474. The summed E-state index contributed by atoms with van der Waals surface area (Å²) >= 11 is 0. The Hall–Kier alpha value is -1.74. The van der Waals surface area contributed by atoms with Crippen LogP contribution in [0.3, 0.4) is 0 Å². The zero-order valence-electron chi connectivity index (χ0n) is 14.1. The van der Waals surface area contributed by atoms with Gasteiger partial charge < -0.3 is 9.72 Å². The number of rotatable bonds is 9. The van der Waals surface area contributed by atoms with Gasteiger partial charge in [0.25, 0.3) is 0 Å². The molecule has 0 saturated heterocycles. The molecule has 1 unspecified atom stereocenters. The second kappa shape index (κ2) is 8.04. The summed E-state index contributed by atoms with van der Waals surface area (Å²) < 4.78 is 5.62. The molecule has 2 aromatic rings. The van der Waals surface area contributed by atoms with Crippen LogP contribution in [0, 0.1) is 0 Å². The van der Waals surface area contributed by atoms with Gasteiger partial charge in [-0.1, -0.05) is 13.0 Å². The minimum absolute atomic E-state index is 0.585. The van der Waals surface area contributed by atoms with E-state index in [1.165, 1.54) is 16.5 Å². The van der Waals surface area contributed by atoms with E-state index in [1.807, 2.05) is 19.1 Å². The number of ether oxygens (including phenoxy) is 1. The van der Waals surface area contributed by atoms with Crippen molar-refractivity contribution in [2.75, 3.05) is 19.7 Å². The summed E-state index contributed by atoms with van der Waals surface area (Å²) in [6, 6.07) is 6.85. The summed E-state index contributed by atoms with van der Waals surface area (Å²) in [5.41, 5.74) is 2.53. The zero-order valence-corrected chi connectivity index (χ0v) is 14.1. The van der Waals surface area contributed by atoms with E-state index in [-0.39, 0.29) is 0 Å². The van der Waals surface area contributed by atoms with Crippen molar-refractivity contribution >= 4 is 10.9 Å². The molecule has 1 N–H and O–H groups in total. The predicted octanol–water partition coefficient (Wildman–Crippen LogP) is 4.40. The van der Waals surface area contributed by atoms with Crippen molar-refractivity contribution in [2.45, 2.75) is 39.7 Å². The standard InChI is InChI=1S/C19H28N2O/c1-5-11-21(15(4)6-2)12-10-16-14-20-19-9-8-17(22-7-3)13-18(16)19/h5,8-9,13-15,20H,1,6-7,10-12H2,2-4H3. The fourth-order valence-electron chi connectivity index (χ4n) is 2.80. The summed E-state index contributed by atoms with van der Waals surface area (Å²) in [5, 5.41) is 1.27. The topological polar surface area (TPSA) is 28.3 Å². The molecule has 1 aromatic heterocycles. The predicted molar refractivity (Wildman–Crippen MR) is 94.7 cm³/mol. The number of aromatic amines is 1. The molecule has 0 fully saturated rings. The van der Waals surface area contributed by atoms with Crippen LogP contribution >= 0.6 is 0 Å². The zero-order chi connectivity index (χ0) is 15.9. The van der Waals surface area contributed by atoms with Crippen LogP contribution < -0.4 is 4.74 Å². The second-order valence-corrected chi connectivity index (χ2v) is 5.75. The van der Waals surface area contributed by atoms with Gasteiger partial charge in [0.2, 0.25) is 0 Å². The number of H-pyrrole nitrogens is 1.